The van der Waals surface area contributed by atoms with Crippen LogP contribution in [0.25, 0.3) is 0 Å². The molecule has 1 atom stereocenters. The van der Waals surface area contributed by atoms with Gasteiger partial charge in [0.25, 0.3) is 5.91 Å². The second-order valence-electron chi connectivity index (χ2n) is 9.98. The van der Waals surface area contributed by atoms with Crippen molar-refractivity contribution >= 4 is 29.0 Å². The summed E-state index contributed by atoms with van der Waals surface area (Å²) in [4.78, 5) is 29.9. The van der Waals surface area contributed by atoms with E-state index in [0.29, 0.717) is 23.4 Å². The van der Waals surface area contributed by atoms with Crippen LogP contribution in [0, 0.1) is 0 Å². The fourth-order valence-corrected chi connectivity index (χ4v) is 5.18. The number of nitrogens with two attached hydrogens (primary N) is 2. The number of hydrogen-bond donors (Lipinski definition) is 4. The Balaban J connectivity index is 1.69. The second kappa shape index (κ2) is 12.6. The lowest BCUT2D eigenvalue weighted by molar-refractivity contribution is 0.0365. The summed E-state index contributed by atoms with van der Waals surface area (Å²) in [5, 5.41) is 5.97. The summed E-state index contributed by atoms with van der Waals surface area (Å²) in [5.41, 5.74) is 15.2. The number of nitrogen functional groups attached to an aromatic ring is 1. The fraction of sp³-hybridized carbons (Fsp3) is 0.333. The van der Waals surface area contributed by atoms with Crippen LogP contribution in [0.5, 0.6) is 0 Å². The SMILES string of the molecule is CN(C)c1ccccc1C(CCCN1CCOCC1)(NC(N)=O)c1ccc(C(=O)Nc2ccccc2N)cc1. The van der Waals surface area contributed by atoms with E-state index in [2.05, 4.69) is 15.5 Å². The van der Waals surface area contributed by atoms with E-state index in [4.69, 9.17) is 16.2 Å². The van der Waals surface area contributed by atoms with Crippen LogP contribution in [-0.4, -0.2) is 63.8 Å². The molecule has 1 aliphatic rings. The van der Waals surface area contributed by atoms with Gasteiger partial charge < -0.3 is 31.7 Å². The lowest BCUT2D eigenvalue weighted by Gasteiger charge is -2.39. The number of nitrogens with one attached hydrogen (secondary N) is 2. The summed E-state index contributed by atoms with van der Waals surface area (Å²) in [7, 11) is 3.95. The number of rotatable bonds is 10. The minimum atomic E-state index is -0.905. The van der Waals surface area contributed by atoms with Gasteiger partial charge in [0, 0.05) is 44.0 Å². The van der Waals surface area contributed by atoms with Crippen LogP contribution in [0.4, 0.5) is 21.9 Å². The molecule has 0 spiro atoms. The molecule has 1 unspecified atom stereocenters. The molecule has 39 heavy (non-hydrogen) atoms. The number of carbonyl (C=O) groups excluding carboxylic acids is 2. The number of ether oxygens (including phenoxy) is 1. The molecule has 3 aromatic rings. The second-order valence-corrected chi connectivity index (χ2v) is 9.98. The van der Waals surface area contributed by atoms with Gasteiger partial charge in [-0.25, -0.2) is 4.79 Å². The summed E-state index contributed by atoms with van der Waals surface area (Å²) in [6.45, 7) is 4.10. The largest absolute Gasteiger partial charge is 0.397 e. The Hall–Kier alpha value is -4.08. The molecule has 0 aromatic heterocycles. The Labute approximate surface area is 230 Å². The number of urea groups is 1. The number of carbonyl (C=O) groups is 2. The average molecular weight is 531 g/mol. The van der Waals surface area contributed by atoms with Crippen molar-refractivity contribution in [1.82, 2.24) is 10.2 Å². The summed E-state index contributed by atoms with van der Waals surface area (Å²) in [6.07, 6.45) is 1.43. The topological polar surface area (TPSA) is 126 Å². The molecule has 9 nitrogen and oxygen atoms in total. The molecule has 1 aliphatic heterocycles. The Morgan fingerprint density at radius 3 is 2.31 bits per heavy atom. The van der Waals surface area contributed by atoms with Crippen LogP contribution < -0.4 is 27.0 Å². The number of anilines is 3. The maximum atomic E-state index is 13.0. The molecule has 0 aliphatic carbocycles. The third-order valence-corrected chi connectivity index (χ3v) is 7.16. The molecule has 0 radical (unpaired) electrons. The van der Waals surface area contributed by atoms with Gasteiger partial charge in [-0.15, -0.1) is 0 Å². The monoisotopic (exact) mass is 530 g/mol. The third kappa shape index (κ3) is 6.68. The van der Waals surface area contributed by atoms with Crippen molar-refractivity contribution in [2.45, 2.75) is 18.4 Å². The normalized spacial score (nSPS) is 15.2. The lowest BCUT2D eigenvalue weighted by atomic mass is 9.77. The highest BCUT2D eigenvalue weighted by atomic mass is 16.5. The lowest BCUT2D eigenvalue weighted by Crippen LogP contribution is -2.50. The molecule has 6 N–H and O–H groups in total. The molecule has 3 amide bonds. The van der Waals surface area contributed by atoms with Gasteiger partial charge in [-0.3, -0.25) is 9.69 Å². The van der Waals surface area contributed by atoms with Gasteiger partial charge in [0.05, 0.1) is 30.1 Å². The van der Waals surface area contributed by atoms with Gasteiger partial charge in [-0.2, -0.15) is 0 Å². The van der Waals surface area contributed by atoms with E-state index in [-0.39, 0.29) is 5.91 Å². The number of para-hydroxylation sites is 3. The zero-order valence-corrected chi connectivity index (χ0v) is 22.7. The van der Waals surface area contributed by atoms with Crippen molar-refractivity contribution in [2.24, 2.45) is 5.73 Å². The summed E-state index contributed by atoms with van der Waals surface area (Å²) < 4.78 is 5.49. The van der Waals surface area contributed by atoms with Gasteiger partial charge in [-0.1, -0.05) is 42.5 Å². The Morgan fingerprint density at radius 2 is 1.64 bits per heavy atom. The maximum absolute atomic E-state index is 13.0. The van der Waals surface area contributed by atoms with Gasteiger partial charge in [0.2, 0.25) is 0 Å². The first-order valence-corrected chi connectivity index (χ1v) is 13.2. The first-order valence-electron chi connectivity index (χ1n) is 13.2. The zero-order valence-electron chi connectivity index (χ0n) is 22.7. The van der Waals surface area contributed by atoms with Crippen molar-refractivity contribution < 1.29 is 14.3 Å². The number of morpholine rings is 1. The quantitative estimate of drug-likeness (QED) is 0.297. The number of primary amides is 1. The summed E-state index contributed by atoms with van der Waals surface area (Å²) in [6, 6.07) is 21.8. The van der Waals surface area contributed by atoms with Crippen LogP contribution in [0.2, 0.25) is 0 Å². The Bertz CT molecular complexity index is 1270. The predicted molar refractivity (Wildman–Crippen MR) is 156 cm³/mol. The zero-order chi connectivity index (χ0) is 27.8. The molecule has 206 valence electrons. The van der Waals surface area contributed by atoms with Crippen LogP contribution in [0.1, 0.15) is 34.3 Å². The van der Waals surface area contributed by atoms with Crippen LogP contribution in [-0.2, 0) is 10.3 Å². The van der Waals surface area contributed by atoms with Crippen LogP contribution in [0.3, 0.4) is 0 Å². The third-order valence-electron chi connectivity index (χ3n) is 7.16. The van der Waals surface area contributed by atoms with E-state index >= 15 is 0 Å². The minimum absolute atomic E-state index is 0.270. The highest BCUT2D eigenvalue weighted by Crippen LogP contribution is 2.39. The molecule has 1 heterocycles. The molecule has 3 aromatic carbocycles. The fourth-order valence-electron chi connectivity index (χ4n) is 5.18. The Kier molecular flexibility index (Phi) is 9.06. The molecule has 0 bridgehead atoms. The van der Waals surface area contributed by atoms with Crippen molar-refractivity contribution in [3.05, 3.63) is 89.5 Å². The number of nitrogens with zero attached hydrogens (tertiary/aromatic N) is 2. The minimum Gasteiger partial charge on any atom is -0.397 e. The van der Waals surface area contributed by atoms with E-state index in [1.807, 2.05) is 67.5 Å². The van der Waals surface area contributed by atoms with E-state index in [0.717, 1.165) is 56.1 Å². The van der Waals surface area contributed by atoms with Gasteiger partial charge in [0.1, 0.15) is 0 Å². The molecule has 4 rings (SSSR count). The van der Waals surface area contributed by atoms with Crippen molar-refractivity contribution in [2.75, 3.05) is 62.9 Å². The number of hydrogen-bond acceptors (Lipinski definition) is 6. The van der Waals surface area contributed by atoms with Crippen LogP contribution >= 0.6 is 0 Å². The Morgan fingerprint density at radius 1 is 0.974 bits per heavy atom. The summed E-state index contributed by atoms with van der Waals surface area (Å²) in [5.74, 6) is -0.270. The van der Waals surface area contributed by atoms with Gasteiger partial charge >= 0.3 is 6.03 Å². The molecular formula is C30H38N6O3. The molecule has 1 fully saturated rings. The van der Waals surface area contributed by atoms with Gasteiger partial charge in [0.15, 0.2) is 0 Å². The average Bonchev–Trinajstić information content (AvgIpc) is 2.94. The highest BCUT2D eigenvalue weighted by molar-refractivity contribution is 6.05. The van der Waals surface area contributed by atoms with E-state index in [1.165, 1.54) is 0 Å². The molecule has 0 saturated carbocycles. The van der Waals surface area contributed by atoms with Crippen molar-refractivity contribution in [3.63, 3.8) is 0 Å². The smallest absolute Gasteiger partial charge is 0.313 e. The van der Waals surface area contributed by atoms with E-state index in [1.54, 1.807) is 24.3 Å². The van der Waals surface area contributed by atoms with E-state index < -0.39 is 11.6 Å². The predicted octanol–water partition coefficient (Wildman–Crippen LogP) is 3.61. The molecule has 9 heteroatoms. The molecular weight excluding hydrogens is 492 g/mol. The standard InChI is InChI=1S/C30H38N6O3/c1-35(2)27-11-6-3-8-24(27)30(34-29(32)38,16-7-17-36-18-20-39-21-19-36)23-14-12-22(13-15-23)28(37)33-26-10-5-4-9-25(26)31/h3-6,8-15H,7,16-21,31H2,1-2H3,(H,33,37)(H3,32,34,38). The van der Waals surface area contributed by atoms with Crippen LogP contribution in [0.15, 0.2) is 72.8 Å². The number of amides is 3. The first-order chi connectivity index (χ1) is 18.8. The summed E-state index contributed by atoms with van der Waals surface area (Å²) >= 11 is 0. The highest BCUT2D eigenvalue weighted by Gasteiger charge is 2.37. The van der Waals surface area contributed by atoms with Crippen molar-refractivity contribution in [1.29, 1.82) is 0 Å². The van der Waals surface area contributed by atoms with Gasteiger partial charge in [-0.05, 0) is 55.3 Å². The first kappa shape index (κ1) is 27.9. The van der Waals surface area contributed by atoms with Crippen molar-refractivity contribution in [3.8, 4) is 0 Å². The van der Waals surface area contributed by atoms with E-state index in [9.17, 15) is 9.59 Å². The molecule has 1 saturated heterocycles. The maximum Gasteiger partial charge on any atom is 0.313 e. The number of benzene rings is 3.